The fourth-order valence-electron chi connectivity index (χ4n) is 3.90. The Balaban J connectivity index is 1.33. The number of hydrogen-bond acceptors (Lipinski definition) is 1. The first kappa shape index (κ1) is 16.2. The van der Waals surface area contributed by atoms with Crippen LogP contribution in [0, 0.1) is 6.92 Å². The maximum atomic E-state index is 3.37. The van der Waals surface area contributed by atoms with Crippen molar-refractivity contribution in [2.45, 2.75) is 26.2 Å². The van der Waals surface area contributed by atoms with Gasteiger partial charge in [0, 0.05) is 30.2 Å². The molecule has 0 fully saturated rings. The lowest BCUT2D eigenvalue weighted by molar-refractivity contribution is 0.298. The lowest BCUT2D eigenvalue weighted by atomic mass is 9.99. The minimum Gasteiger partial charge on any atom is -0.361 e. The van der Waals surface area contributed by atoms with E-state index >= 15 is 0 Å². The van der Waals surface area contributed by atoms with Crippen LogP contribution in [0.3, 0.4) is 0 Å². The molecule has 0 aliphatic carbocycles. The molecule has 3 aromatic rings. The summed E-state index contributed by atoms with van der Waals surface area (Å²) in [7, 11) is 0. The molecule has 4 rings (SSSR count). The summed E-state index contributed by atoms with van der Waals surface area (Å²) in [6.45, 7) is 5.61. The van der Waals surface area contributed by atoms with E-state index < -0.39 is 0 Å². The molecule has 0 spiro atoms. The van der Waals surface area contributed by atoms with Gasteiger partial charge in [-0.25, -0.2) is 0 Å². The minimum absolute atomic E-state index is 1.08. The van der Waals surface area contributed by atoms with E-state index in [0.29, 0.717) is 0 Å². The molecule has 0 saturated heterocycles. The molecule has 1 aliphatic rings. The van der Waals surface area contributed by atoms with Gasteiger partial charge >= 0.3 is 0 Å². The van der Waals surface area contributed by atoms with Crippen LogP contribution in [0.2, 0.25) is 0 Å². The van der Waals surface area contributed by atoms with Crippen molar-refractivity contribution in [3.8, 4) is 0 Å². The van der Waals surface area contributed by atoms with Crippen molar-refractivity contribution < 1.29 is 0 Å². The molecule has 0 atom stereocenters. The number of hydrogen-bond donors (Lipinski definition) is 1. The van der Waals surface area contributed by atoms with Gasteiger partial charge in [-0.05, 0) is 61.1 Å². The maximum Gasteiger partial charge on any atom is 0.0486 e. The van der Waals surface area contributed by atoms with Gasteiger partial charge in [0.2, 0.25) is 0 Å². The highest BCUT2D eigenvalue weighted by Gasteiger charge is 2.13. The van der Waals surface area contributed by atoms with E-state index in [2.05, 4.69) is 77.6 Å². The van der Waals surface area contributed by atoms with Crippen LogP contribution in [-0.4, -0.2) is 29.5 Å². The van der Waals surface area contributed by atoms with Crippen LogP contribution in [0.4, 0.5) is 0 Å². The SMILES string of the molecule is Cc1ccc(CCCN2CC=C(c3ccccc3)CC2)c2cc[nH]c12. The van der Waals surface area contributed by atoms with Gasteiger partial charge in [-0.15, -0.1) is 0 Å². The van der Waals surface area contributed by atoms with Gasteiger partial charge in [0.1, 0.15) is 0 Å². The highest BCUT2D eigenvalue weighted by molar-refractivity contribution is 5.85. The minimum atomic E-state index is 1.08. The number of benzene rings is 2. The second-order valence-electron chi connectivity index (χ2n) is 7.06. The number of fused-ring (bicyclic) bond motifs is 1. The summed E-state index contributed by atoms with van der Waals surface area (Å²) >= 11 is 0. The molecule has 1 aromatic heterocycles. The van der Waals surface area contributed by atoms with E-state index in [1.54, 1.807) is 0 Å². The Morgan fingerprint density at radius 3 is 2.72 bits per heavy atom. The number of rotatable bonds is 5. The third-order valence-electron chi connectivity index (χ3n) is 5.38. The maximum absolute atomic E-state index is 3.37. The molecule has 1 aliphatic heterocycles. The normalized spacial score (nSPS) is 15.5. The predicted octanol–water partition coefficient (Wildman–Crippen LogP) is 5.20. The van der Waals surface area contributed by atoms with E-state index in [9.17, 15) is 0 Å². The Kier molecular flexibility index (Phi) is 4.71. The fraction of sp³-hybridized carbons (Fsp3) is 0.304. The van der Waals surface area contributed by atoms with Crippen molar-refractivity contribution in [2.75, 3.05) is 19.6 Å². The number of aryl methyl sites for hydroxylation is 2. The Bertz CT molecular complexity index is 874. The van der Waals surface area contributed by atoms with Crippen molar-refractivity contribution in [1.82, 2.24) is 9.88 Å². The number of nitrogens with zero attached hydrogens (tertiary/aromatic N) is 1. The monoisotopic (exact) mass is 330 g/mol. The molecule has 0 amide bonds. The average molecular weight is 330 g/mol. The molecule has 0 unspecified atom stereocenters. The topological polar surface area (TPSA) is 19.0 Å². The first-order valence-corrected chi connectivity index (χ1v) is 9.33. The molecule has 128 valence electrons. The van der Waals surface area contributed by atoms with Gasteiger partial charge in [-0.2, -0.15) is 0 Å². The first-order valence-electron chi connectivity index (χ1n) is 9.33. The molecule has 1 N–H and O–H groups in total. The zero-order chi connectivity index (χ0) is 17.1. The summed E-state index contributed by atoms with van der Waals surface area (Å²) in [6, 6.07) is 17.6. The summed E-state index contributed by atoms with van der Waals surface area (Å²) in [5, 5.41) is 1.39. The van der Waals surface area contributed by atoms with Gasteiger partial charge in [0.15, 0.2) is 0 Å². The fourth-order valence-corrected chi connectivity index (χ4v) is 3.90. The molecule has 25 heavy (non-hydrogen) atoms. The van der Waals surface area contributed by atoms with E-state index in [0.717, 1.165) is 19.4 Å². The molecule has 0 bridgehead atoms. The zero-order valence-corrected chi connectivity index (χ0v) is 15.0. The number of aromatic amines is 1. The highest BCUT2D eigenvalue weighted by atomic mass is 15.1. The Morgan fingerprint density at radius 2 is 1.92 bits per heavy atom. The molecule has 0 radical (unpaired) electrons. The first-order chi connectivity index (χ1) is 12.3. The molecule has 2 heterocycles. The van der Waals surface area contributed by atoms with E-state index in [4.69, 9.17) is 0 Å². The summed E-state index contributed by atoms with van der Waals surface area (Å²) in [4.78, 5) is 5.95. The summed E-state index contributed by atoms with van der Waals surface area (Å²) in [6.07, 6.45) is 8.01. The predicted molar refractivity (Wildman–Crippen MR) is 107 cm³/mol. The molecule has 2 heteroatoms. The van der Waals surface area contributed by atoms with Gasteiger partial charge in [0.25, 0.3) is 0 Å². The van der Waals surface area contributed by atoms with Crippen LogP contribution >= 0.6 is 0 Å². The molecule has 2 nitrogen and oxygen atoms in total. The molecular weight excluding hydrogens is 304 g/mol. The second kappa shape index (κ2) is 7.28. The smallest absolute Gasteiger partial charge is 0.0486 e. The van der Waals surface area contributed by atoms with Gasteiger partial charge in [0.05, 0.1) is 0 Å². The third kappa shape index (κ3) is 3.54. The van der Waals surface area contributed by atoms with Crippen LogP contribution in [0.15, 0.2) is 60.8 Å². The van der Waals surface area contributed by atoms with Crippen molar-refractivity contribution >= 4 is 16.5 Å². The van der Waals surface area contributed by atoms with Crippen LogP contribution in [0.1, 0.15) is 29.5 Å². The van der Waals surface area contributed by atoms with E-state index in [-0.39, 0.29) is 0 Å². The Hall–Kier alpha value is -2.32. The van der Waals surface area contributed by atoms with Gasteiger partial charge in [-0.1, -0.05) is 48.5 Å². The van der Waals surface area contributed by atoms with Gasteiger partial charge in [-0.3, -0.25) is 4.90 Å². The number of nitrogens with one attached hydrogen (secondary N) is 1. The summed E-state index contributed by atoms with van der Waals surface area (Å²) in [5.41, 5.74) is 6.99. The van der Waals surface area contributed by atoms with Crippen molar-refractivity contribution in [3.63, 3.8) is 0 Å². The van der Waals surface area contributed by atoms with E-state index in [1.807, 2.05) is 0 Å². The van der Waals surface area contributed by atoms with Crippen LogP contribution in [-0.2, 0) is 6.42 Å². The summed E-state index contributed by atoms with van der Waals surface area (Å²) < 4.78 is 0. The number of H-pyrrole nitrogens is 1. The lowest BCUT2D eigenvalue weighted by Gasteiger charge is -2.26. The Labute approximate surface area is 150 Å². The van der Waals surface area contributed by atoms with E-state index in [1.165, 1.54) is 52.7 Å². The van der Waals surface area contributed by atoms with Crippen LogP contribution in [0.25, 0.3) is 16.5 Å². The van der Waals surface area contributed by atoms with Crippen LogP contribution < -0.4 is 0 Å². The number of aromatic nitrogens is 1. The molecule has 2 aromatic carbocycles. The lowest BCUT2D eigenvalue weighted by Crippen LogP contribution is -2.29. The largest absolute Gasteiger partial charge is 0.361 e. The summed E-state index contributed by atoms with van der Waals surface area (Å²) in [5.74, 6) is 0. The third-order valence-corrected chi connectivity index (χ3v) is 5.38. The van der Waals surface area contributed by atoms with Crippen molar-refractivity contribution in [1.29, 1.82) is 0 Å². The Morgan fingerprint density at radius 1 is 1.04 bits per heavy atom. The standard InChI is InChI=1S/C23H26N2/c1-18-9-10-21(22-11-14-24-23(18)22)8-5-15-25-16-12-20(13-17-25)19-6-3-2-4-7-19/h2-4,6-7,9-12,14,24H,5,8,13,15-17H2,1H3. The zero-order valence-electron chi connectivity index (χ0n) is 15.0. The molecular formula is C23H26N2. The second-order valence-corrected chi connectivity index (χ2v) is 7.06. The quantitative estimate of drug-likeness (QED) is 0.681. The highest BCUT2D eigenvalue weighted by Crippen LogP contribution is 2.24. The van der Waals surface area contributed by atoms with Gasteiger partial charge < -0.3 is 4.98 Å². The van der Waals surface area contributed by atoms with Crippen molar-refractivity contribution in [2.24, 2.45) is 0 Å². The van der Waals surface area contributed by atoms with Crippen LogP contribution in [0.5, 0.6) is 0 Å². The molecule has 0 saturated carbocycles. The average Bonchev–Trinajstić information content (AvgIpc) is 3.16. The van der Waals surface area contributed by atoms with Crippen molar-refractivity contribution in [3.05, 3.63) is 77.5 Å².